The molecule has 0 aromatic rings. The molecule has 0 bridgehead atoms. The Morgan fingerprint density at radius 3 is 1.21 bits per heavy atom. The molecule has 0 fully saturated rings. The Balaban J connectivity index is 2.99. The zero-order valence-corrected chi connectivity index (χ0v) is 13.2. The minimum absolute atomic E-state index is 0.0603. The van der Waals surface area contributed by atoms with E-state index in [-0.39, 0.29) is 6.42 Å². The van der Waals surface area contributed by atoms with Crippen molar-refractivity contribution in [2.45, 2.75) is 110 Å². The molecule has 0 atom stereocenters. The standard InChI is InChI=1S/C17H34F2/c1-3-4-5-6-7-8-9-10-11-12-13-14-15-16-17(2,18)19/h3-16H2,1-2H3. The van der Waals surface area contributed by atoms with Crippen LogP contribution in [0.5, 0.6) is 0 Å². The van der Waals surface area contributed by atoms with Gasteiger partial charge in [-0.15, -0.1) is 0 Å². The first-order valence-corrected chi connectivity index (χ1v) is 8.44. The second kappa shape index (κ2) is 12.9. The third-order valence-corrected chi connectivity index (χ3v) is 3.72. The third kappa shape index (κ3) is 17.9. The molecule has 0 unspecified atom stereocenters. The van der Waals surface area contributed by atoms with Gasteiger partial charge in [0, 0.05) is 6.42 Å². The Labute approximate surface area is 119 Å². The van der Waals surface area contributed by atoms with Crippen LogP contribution < -0.4 is 0 Å². The number of hydrogen-bond donors (Lipinski definition) is 0. The van der Waals surface area contributed by atoms with Crippen molar-refractivity contribution < 1.29 is 8.78 Å². The molecule has 2 heteroatoms. The zero-order chi connectivity index (χ0) is 14.4. The molecule has 0 aliphatic carbocycles. The molecule has 0 radical (unpaired) electrons. The van der Waals surface area contributed by atoms with Crippen LogP contribution in [0.15, 0.2) is 0 Å². The van der Waals surface area contributed by atoms with Gasteiger partial charge in [0.15, 0.2) is 0 Å². The van der Waals surface area contributed by atoms with Gasteiger partial charge in [-0.05, 0) is 13.3 Å². The average molecular weight is 276 g/mol. The van der Waals surface area contributed by atoms with Gasteiger partial charge >= 0.3 is 0 Å². The summed E-state index contributed by atoms with van der Waals surface area (Å²) in [6.45, 7) is 3.27. The molecule has 0 saturated heterocycles. The van der Waals surface area contributed by atoms with E-state index in [1.807, 2.05) is 0 Å². The van der Waals surface area contributed by atoms with Crippen LogP contribution in [0.2, 0.25) is 0 Å². The maximum atomic E-state index is 12.5. The van der Waals surface area contributed by atoms with E-state index in [0.29, 0.717) is 6.42 Å². The van der Waals surface area contributed by atoms with Gasteiger partial charge in [-0.2, -0.15) is 0 Å². The largest absolute Gasteiger partial charge is 0.245 e. The molecule has 19 heavy (non-hydrogen) atoms. The Hall–Kier alpha value is -0.140. The Bertz CT molecular complexity index is 173. The molecule has 0 saturated carbocycles. The monoisotopic (exact) mass is 276 g/mol. The van der Waals surface area contributed by atoms with Crippen LogP contribution in [0.1, 0.15) is 104 Å². The summed E-state index contributed by atoms with van der Waals surface area (Å²) in [5.74, 6) is -2.46. The van der Waals surface area contributed by atoms with Crippen molar-refractivity contribution in [1.82, 2.24) is 0 Å². The summed E-state index contributed by atoms with van der Waals surface area (Å²) < 4.78 is 25.1. The first-order valence-electron chi connectivity index (χ1n) is 8.44. The lowest BCUT2D eigenvalue weighted by Gasteiger charge is -2.09. The highest BCUT2D eigenvalue weighted by Crippen LogP contribution is 2.21. The van der Waals surface area contributed by atoms with Crippen LogP contribution in [0.25, 0.3) is 0 Å². The van der Waals surface area contributed by atoms with Gasteiger partial charge in [0.05, 0.1) is 0 Å². The van der Waals surface area contributed by atoms with Crippen LogP contribution in [0.3, 0.4) is 0 Å². The van der Waals surface area contributed by atoms with E-state index < -0.39 is 5.92 Å². The fourth-order valence-electron chi connectivity index (χ4n) is 2.45. The van der Waals surface area contributed by atoms with Gasteiger partial charge in [-0.3, -0.25) is 0 Å². The Morgan fingerprint density at radius 1 is 0.579 bits per heavy atom. The highest BCUT2D eigenvalue weighted by Gasteiger charge is 2.19. The van der Waals surface area contributed by atoms with Gasteiger partial charge in [0.1, 0.15) is 0 Å². The van der Waals surface area contributed by atoms with Crippen molar-refractivity contribution in [1.29, 1.82) is 0 Å². The van der Waals surface area contributed by atoms with Gasteiger partial charge in [0.2, 0.25) is 5.92 Å². The second-order valence-electron chi connectivity index (χ2n) is 6.06. The topological polar surface area (TPSA) is 0 Å². The highest BCUT2D eigenvalue weighted by atomic mass is 19.3. The molecule has 0 aromatic carbocycles. The molecular weight excluding hydrogens is 242 g/mol. The number of unbranched alkanes of at least 4 members (excludes halogenated alkanes) is 12. The van der Waals surface area contributed by atoms with Crippen LogP contribution in [0, 0.1) is 0 Å². The highest BCUT2D eigenvalue weighted by molar-refractivity contribution is 4.58. The van der Waals surface area contributed by atoms with Crippen molar-refractivity contribution in [2.75, 3.05) is 0 Å². The fraction of sp³-hybridized carbons (Fsp3) is 1.00. The summed E-state index contributed by atoms with van der Waals surface area (Å²) in [6, 6.07) is 0. The summed E-state index contributed by atoms with van der Waals surface area (Å²) in [4.78, 5) is 0. The van der Waals surface area contributed by atoms with Crippen LogP contribution in [0.4, 0.5) is 8.78 Å². The maximum absolute atomic E-state index is 12.5. The first-order chi connectivity index (χ1) is 9.06. The molecule has 0 aliphatic rings. The maximum Gasteiger partial charge on any atom is 0.245 e. The van der Waals surface area contributed by atoms with E-state index in [4.69, 9.17) is 0 Å². The van der Waals surface area contributed by atoms with E-state index >= 15 is 0 Å². The molecule has 0 heterocycles. The number of hydrogen-bond acceptors (Lipinski definition) is 0. The molecule has 0 N–H and O–H groups in total. The molecule has 0 spiro atoms. The Morgan fingerprint density at radius 2 is 0.895 bits per heavy atom. The van der Waals surface area contributed by atoms with Crippen molar-refractivity contribution in [2.24, 2.45) is 0 Å². The predicted octanol–water partition coefficient (Wildman–Crippen LogP) is 7.12. The molecular formula is C17H34F2. The second-order valence-corrected chi connectivity index (χ2v) is 6.06. The lowest BCUT2D eigenvalue weighted by molar-refractivity contribution is 0.0103. The molecule has 0 nitrogen and oxygen atoms in total. The van der Waals surface area contributed by atoms with Crippen molar-refractivity contribution in [3.63, 3.8) is 0 Å². The summed E-state index contributed by atoms with van der Waals surface area (Å²) in [7, 11) is 0. The summed E-state index contributed by atoms with van der Waals surface area (Å²) >= 11 is 0. The van der Waals surface area contributed by atoms with Crippen molar-refractivity contribution >= 4 is 0 Å². The van der Waals surface area contributed by atoms with Gasteiger partial charge in [-0.25, -0.2) is 8.78 Å². The molecule has 116 valence electrons. The van der Waals surface area contributed by atoms with Gasteiger partial charge in [-0.1, -0.05) is 84.0 Å². The normalized spacial score (nSPS) is 12.0. The van der Waals surface area contributed by atoms with E-state index in [0.717, 1.165) is 19.8 Å². The minimum atomic E-state index is -2.46. The molecule has 0 aliphatic heterocycles. The van der Waals surface area contributed by atoms with E-state index in [2.05, 4.69) is 6.92 Å². The third-order valence-electron chi connectivity index (χ3n) is 3.72. The van der Waals surface area contributed by atoms with Crippen molar-refractivity contribution in [3.8, 4) is 0 Å². The van der Waals surface area contributed by atoms with Crippen LogP contribution in [-0.4, -0.2) is 5.92 Å². The van der Waals surface area contributed by atoms with E-state index in [9.17, 15) is 8.78 Å². The molecule has 0 rings (SSSR count). The lowest BCUT2D eigenvalue weighted by Crippen LogP contribution is -2.08. The predicted molar refractivity (Wildman–Crippen MR) is 80.9 cm³/mol. The summed E-state index contributed by atoms with van der Waals surface area (Å²) in [6.07, 6.45) is 16.3. The van der Waals surface area contributed by atoms with Crippen LogP contribution >= 0.6 is 0 Å². The van der Waals surface area contributed by atoms with Crippen molar-refractivity contribution in [3.05, 3.63) is 0 Å². The molecule has 0 amide bonds. The Kier molecular flexibility index (Phi) is 12.8. The van der Waals surface area contributed by atoms with E-state index in [1.165, 1.54) is 64.2 Å². The zero-order valence-electron chi connectivity index (χ0n) is 13.2. The summed E-state index contributed by atoms with van der Waals surface area (Å²) in [5, 5.41) is 0. The number of alkyl halides is 2. The lowest BCUT2D eigenvalue weighted by atomic mass is 10.0. The average Bonchev–Trinajstić information content (AvgIpc) is 2.34. The summed E-state index contributed by atoms with van der Waals surface area (Å²) in [5.41, 5.74) is 0. The smallest absolute Gasteiger partial charge is 0.207 e. The minimum Gasteiger partial charge on any atom is -0.207 e. The molecule has 0 aromatic heterocycles. The van der Waals surface area contributed by atoms with Gasteiger partial charge in [0.25, 0.3) is 0 Å². The van der Waals surface area contributed by atoms with Crippen LogP contribution in [-0.2, 0) is 0 Å². The SMILES string of the molecule is CCCCCCCCCCCCCCCC(C)(F)F. The number of rotatable bonds is 14. The van der Waals surface area contributed by atoms with E-state index in [1.54, 1.807) is 0 Å². The fourth-order valence-corrected chi connectivity index (χ4v) is 2.45. The number of halogens is 2. The quantitative estimate of drug-likeness (QED) is 0.296. The van der Waals surface area contributed by atoms with Gasteiger partial charge < -0.3 is 0 Å². The first kappa shape index (κ1) is 18.9.